The van der Waals surface area contributed by atoms with E-state index in [0.29, 0.717) is 5.95 Å². The zero-order chi connectivity index (χ0) is 23.7. The number of nitrogen functional groups attached to an aromatic ring is 1. The summed E-state index contributed by atoms with van der Waals surface area (Å²) in [6, 6.07) is 18.3. The summed E-state index contributed by atoms with van der Waals surface area (Å²) in [7, 11) is 0. The van der Waals surface area contributed by atoms with E-state index in [4.69, 9.17) is 10.5 Å². The number of benzene rings is 2. The Morgan fingerprint density at radius 2 is 1.09 bits per heavy atom. The summed E-state index contributed by atoms with van der Waals surface area (Å²) in [4.78, 5) is 8.81. The van der Waals surface area contributed by atoms with Crippen molar-refractivity contribution in [1.29, 1.82) is 0 Å². The van der Waals surface area contributed by atoms with Crippen LogP contribution in [-0.2, 0) is 6.42 Å². The minimum absolute atomic E-state index is 0.391. The van der Waals surface area contributed by atoms with E-state index >= 15 is 0 Å². The minimum Gasteiger partial charge on any atom is -0.494 e. The molecule has 0 spiro atoms. The molecule has 0 aliphatic heterocycles. The Labute approximate surface area is 206 Å². The van der Waals surface area contributed by atoms with Gasteiger partial charge in [0.25, 0.3) is 0 Å². The smallest absolute Gasteiger partial charge is 0.220 e. The summed E-state index contributed by atoms with van der Waals surface area (Å²) in [6.07, 6.45) is 19.7. The van der Waals surface area contributed by atoms with Crippen LogP contribution in [0.5, 0.6) is 5.75 Å². The molecule has 1 aromatic heterocycles. The van der Waals surface area contributed by atoms with Gasteiger partial charge in [-0.2, -0.15) is 0 Å². The van der Waals surface area contributed by atoms with Gasteiger partial charge >= 0.3 is 0 Å². The molecule has 0 aliphatic carbocycles. The van der Waals surface area contributed by atoms with Gasteiger partial charge in [-0.1, -0.05) is 113 Å². The van der Waals surface area contributed by atoms with Gasteiger partial charge in [0.2, 0.25) is 5.95 Å². The fourth-order valence-corrected chi connectivity index (χ4v) is 4.58. The molecular weight excluding hydrogens is 418 g/mol. The van der Waals surface area contributed by atoms with Crippen molar-refractivity contribution in [3.63, 3.8) is 0 Å². The third-order valence-electron chi connectivity index (χ3n) is 6.52. The number of hydrogen-bond acceptors (Lipinski definition) is 4. The van der Waals surface area contributed by atoms with E-state index in [9.17, 15) is 0 Å². The Morgan fingerprint density at radius 1 is 0.559 bits per heavy atom. The zero-order valence-electron chi connectivity index (χ0n) is 20.9. The molecule has 0 saturated heterocycles. The number of aromatic nitrogens is 2. The highest BCUT2D eigenvalue weighted by molar-refractivity contribution is 5.81. The summed E-state index contributed by atoms with van der Waals surface area (Å²) in [5.41, 5.74) is 7.93. The van der Waals surface area contributed by atoms with Crippen molar-refractivity contribution >= 4 is 16.9 Å². The molecule has 4 nitrogen and oxygen atoms in total. The molecule has 3 rings (SSSR count). The summed E-state index contributed by atoms with van der Waals surface area (Å²) in [5, 5.41) is 1.15. The van der Waals surface area contributed by atoms with Crippen LogP contribution in [0.1, 0.15) is 95.6 Å². The number of anilines is 1. The standard InChI is InChI=1S/C30H43N3O/c31-30-32-28(27-22-17-18-24-29(27)33-30)23-16-11-9-7-5-3-1-2-4-6-8-10-12-19-25-34-26-20-14-13-15-21-26/h13-15,17-18,20-22,24H,1-12,16,19,23,25H2,(H2,31,32,33). The van der Waals surface area contributed by atoms with Crippen LogP contribution in [0, 0.1) is 0 Å². The van der Waals surface area contributed by atoms with E-state index in [1.807, 2.05) is 42.5 Å². The van der Waals surface area contributed by atoms with E-state index in [1.165, 1.54) is 89.9 Å². The third kappa shape index (κ3) is 10.1. The highest BCUT2D eigenvalue weighted by Crippen LogP contribution is 2.19. The predicted octanol–water partition coefficient (Wildman–Crippen LogP) is 8.29. The van der Waals surface area contributed by atoms with Crippen LogP contribution in [0.3, 0.4) is 0 Å². The number of ether oxygens (including phenoxy) is 1. The lowest BCUT2D eigenvalue weighted by Gasteiger charge is -2.07. The molecule has 0 saturated carbocycles. The second kappa shape index (κ2) is 16.1. The Morgan fingerprint density at radius 3 is 1.74 bits per heavy atom. The van der Waals surface area contributed by atoms with Crippen molar-refractivity contribution < 1.29 is 4.74 Å². The Bertz CT molecular complexity index is 929. The first-order valence-electron chi connectivity index (χ1n) is 13.5. The maximum absolute atomic E-state index is 5.88. The van der Waals surface area contributed by atoms with Gasteiger partial charge < -0.3 is 10.5 Å². The topological polar surface area (TPSA) is 61.0 Å². The fraction of sp³-hybridized carbons (Fsp3) is 0.533. The summed E-state index contributed by atoms with van der Waals surface area (Å²) in [5.74, 6) is 1.38. The van der Waals surface area contributed by atoms with Gasteiger partial charge in [-0.15, -0.1) is 0 Å². The molecule has 0 radical (unpaired) electrons. The van der Waals surface area contributed by atoms with Crippen LogP contribution >= 0.6 is 0 Å². The molecule has 3 aromatic rings. The molecule has 0 aliphatic rings. The van der Waals surface area contributed by atoms with E-state index < -0.39 is 0 Å². The van der Waals surface area contributed by atoms with Gasteiger partial charge in [0.05, 0.1) is 17.8 Å². The van der Waals surface area contributed by atoms with Crippen LogP contribution in [0.25, 0.3) is 10.9 Å². The van der Waals surface area contributed by atoms with Crippen molar-refractivity contribution in [2.45, 2.75) is 96.3 Å². The molecule has 0 fully saturated rings. The number of fused-ring (bicyclic) bond motifs is 1. The molecule has 0 unspecified atom stereocenters. The third-order valence-corrected chi connectivity index (χ3v) is 6.52. The van der Waals surface area contributed by atoms with Crippen molar-refractivity contribution in [2.24, 2.45) is 0 Å². The Kier molecular flexibility index (Phi) is 12.3. The largest absolute Gasteiger partial charge is 0.494 e. The monoisotopic (exact) mass is 461 g/mol. The van der Waals surface area contributed by atoms with Gasteiger partial charge in [-0.25, -0.2) is 9.97 Å². The summed E-state index contributed by atoms with van der Waals surface area (Å²) in [6.45, 7) is 0.843. The first-order valence-corrected chi connectivity index (χ1v) is 13.5. The molecule has 184 valence electrons. The first kappa shape index (κ1) is 26.0. The molecule has 0 amide bonds. The second-order valence-electron chi connectivity index (χ2n) is 9.41. The number of para-hydroxylation sites is 2. The quantitative estimate of drug-likeness (QED) is 0.194. The van der Waals surface area contributed by atoms with Gasteiger partial charge in [0, 0.05) is 5.39 Å². The second-order valence-corrected chi connectivity index (χ2v) is 9.41. The van der Waals surface area contributed by atoms with Crippen molar-refractivity contribution in [3.8, 4) is 5.75 Å². The van der Waals surface area contributed by atoms with Crippen LogP contribution < -0.4 is 10.5 Å². The van der Waals surface area contributed by atoms with Crippen LogP contribution in [0.4, 0.5) is 5.95 Å². The Balaban J connectivity index is 1.08. The SMILES string of the molecule is Nc1nc(CCCCCCCCCCCCCCCCOc2ccccc2)c2ccccc2n1. The number of aryl methyl sites for hydroxylation is 1. The van der Waals surface area contributed by atoms with Gasteiger partial charge in [-0.3, -0.25) is 0 Å². The summed E-state index contributed by atoms with van der Waals surface area (Å²) >= 11 is 0. The molecular formula is C30H43N3O. The lowest BCUT2D eigenvalue weighted by Crippen LogP contribution is -2.01. The molecule has 1 heterocycles. The lowest BCUT2D eigenvalue weighted by molar-refractivity contribution is 0.304. The highest BCUT2D eigenvalue weighted by atomic mass is 16.5. The van der Waals surface area contributed by atoms with E-state index in [-0.39, 0.29) is 0 Å². The van der Waals surface area contributed by atoms with Gasteiger partial charge in [0.1, 0.15) is 5.75 Å². The average molecular weight is 462 g/mol. The van der Waals surface area contributed by atoms with Crippen molar-refractivity contribution in [1.82, 2.24) is 9.97 Å². The highest BCUT2D eigenvalue weighted by Gasteiger charge is 2.05. The first-order chi connectivity index (χ1) is 16.8. The van der Waals surface area contributed by atoms with Crippen LogP contribution in [-0.4, -0.2) is 16.6 Å². The maximum Gasteiger partial charge on any atom is 0.220 e. The zero-order valence-corrected chi connectivity index (χ0v) is 20.9. The predicted molar refractivity (Wildman–Crippen MR) is 144 cm³/mol. The number of unbranched alkanes of at least 4 members (excludes halogenated alkanes) is 13. The Hall–Kier alpha value is -2.62. The van der Waals surface area contributed by atoms with Gasteiger partial charge in [-0.05, 0) is 37.5 Å². The average Bonchev–Trinajstić information content (AvgIpc) is 2.86. The molecule has 34 heavy (non-hydrogen) atoms. The summed E-state index contributed by atoms with van der Waals surface area (Å²) < 4.78 is 5.75. The van der Waals surface area contributed by atoms with Crippen molar-refractivity contribution in [3.05, 3.63) is 60.3 Å². The van der Waals surface area contributed by atoms with Crippen LogP contribution in [0.15, 0.2) is 54.6 Å². The van der Waals surface area contributed by atoms with E-state index in [2.05, 4.69) is 22.1 Å². The molecule has 2 N–H and O–H groups in total. The molecule has 2 aromatic carbocycles. The van der Waals surface area contributed by atoms with Crippen molar-refractivity contribution in [2.75, 3.05) is 12.3 Å². The molecule has 0 atom stereocenters. The molecule has 0 bridgehead atoms. The van der Waals surface area contributed by atoms with E-state index in [0.717, 1.165) is 35.4 Å². The molecule has 4 heteroatoms. The van der Waals surface area contributed by atoms with E-state index in [1.54, 1.807) is 0 Å². The lowest BCUT2D eigenvalue weighted by atomic mass is 10.0. The fourth-order valence-electron chi connectivity index (χ4n) is 4.58. The van der Waals surface area contributed by atoms with Crippen LogP contribution in [0.2, 0.25) is 0 Å². The number of hydrogen-bond donors (Lipinski definition) is 1. The number of nitrogens with zero attached hydrogens (tertiary/aromatic N) is 2. The number of nitrogens with two attached hydrogens (primary N) is 1. The normalized spacial score (nSPS) is 11.2. The number of rotatable bonds is 18. The minimum atomic E-state index is 0.391. The van der Waals surface area contributed by atoms with Gasteiger partial charge in [0.15, 0.2) is 0 Å². The maximum atomic E-state index is 5.88.